The molecule has 0 saturated carbocycles. The van der Waals surface area contributed by atoms with E-state index in [1.165, 1.54) is 4.90 Å². The van der Waals surface area contributed by atoms with Gasteiger partial charge in [-0.1, -0.05) is 0 Å². The van der Waals surface area contributed by atoms with Gasteiger partial charge in [-0.2, -0.15) is 0 Å². The van der Waals surface area contributed by atoms with Crippen molar-refractivity contribution >= 4 is 17.8 Å². The predicted molar refractivity (Wildman–Crippen MR) is 71.7 cm³/mol. The second-order valence-corrected chi connectivity index (χ2v) is 5.71. The number of ether oxygens (including phenoxy) is 1. The molecule has 2 heterocycles. The van der Waals surface area contributed by atoms with Crippen molar-refractivity contribution in [2.24, 2.45) is 5.92 Å². The zero-order valence-corrected chi connectivity index (χ0v) is 11.9. The molecule has 3 atom stereocenters. The number of aliphatic carboxylic acids is 2. The van der Waals surface area contributed by atoms with Crippen LogP contribution in [-0.4, -0.2) is 58.3 Å². The average molecular weight is 299 g/mol. The average Bonchev–Trinajstić information content (AvgIpc) is 2.47. The molecule has 2 N–H and O–H groups in total. The van der Waals surface area contributed by atoms with Crippen LogP contribution in [0.3, 0.4) is 0 Å². The van der Waals surface area contributed by atoms with Crippen molar-refractivity contribution in [2.75, 3.05) is 13.2 Å². The van der Waals surface area contributed by atoms with E-state index >= 15 is 0 Å². The van der Waals surface area contributed by atoms with Gasteiger partial charge in [-0.05, 0) is 32.1 Å². The van der Waals surface area contributed by atoms with Gasteiger partial charge in [0.15, 0.2) is 0 Å². The van der Waals surface area contributed by atoms with E-state index in [2.05, 4.69) is 0 Å². The smallest absolute Gasteiger partial charge is 0.326 e. The summed E-state index contributed by atoms with van der Waals surface area (Å²) in [5.41, 5.74) is 0. The highest BCUT2D eigenvalue weighted by molar-refractivity contribution is 5.85. The predicted octanol–water partition coefficient (Wildman–Crippen LogP) is 0.722. The first-order valence-corrected chi connectivity index (χ1v) is 7.35. The van der Waals surface area contributed by atoms with Crippen LogP contribution in [0.15, 0.2) is 0 Å². The minimum absolute atomic E-state index is 0.0299. The van der Waals surface area contributed by atoms with Gasteiger partial charge in [-0.15, -0.1) is 0 Å². The lowest BCUT2D eigenvalue weighted by atomic mass is 9.92. The van der Waals surface area contributed by atoms with E-state index in [9.17, 15) is 19.5 Å². The lowest BCUT2D eigenvalue weighted by Gasteiger charge is -2.37. The van der Waals surface area contributed by atoms with Crippen molar-refractivity contribution in [2.45, 2.75) is 50.7 Å². The SMILES string of the molecule is O=C(O)[C@@H]1CC[C@H](C(=O)O)N(C(=O)C[C@@H]2CCCCO2)C1. The Labute approximate surface area is 122 Å². The van der Waals surface area contributed by atoms with Crippen LogP contribution in [-0.2, 0) is 19.1 Å². The number of likely N-dealkylation sites (tertiary alicyclic amines) is 1. The number of rotatable bonds is 4. The minimum atomic E-state index is -1.07. The summed E-state index contributed by atoms with van der Waals surface area (Å²) in [7, 11) is 0. The fourth-order valence-electron chi connectivity index (χ4n) is 2.99. The maximum Gasteiger partial charge on any atom is 0.326 e. The van der Waals surface area contributed by atoms with Gasteiger partial charge in [0, 0.05) is 13.2 Å². The first-order valence-electron chi connectivity index (χ1n) is 7.35. The van der Waals surface area contributed by atoms with Gasteiger partial charge in [0.05, 0.1) is 18.4 Å². The van der Waals surface area contributed by atoms with Crippen molar-refractivity contribution in [3.63, 3.8) is 0 Å². The Kier molecular flexibility index (Phi) is 5.17. The molecule has 118 valence electrons. The molecule has 2 rings (SSSR count). The fourth-order valence-corrected chi connectivity index (χ4v) is 2.99. The van der Waals surface area contributed by atoms with E-state index in [1.54, 1.807) is 0 Å². The molecule has 0 unspecified atom stereocenters. The molecule has 0 spiro atoms. The highest BCUT2D eigenvalue weighted by Gasteiger charge is 2.38. The molecular formula is C14H21NO6. The summed E-state index contributed by atoms with van der Waals surface area (Å²) in [6.45, 7) is 0.593. The normalized spacial score (nSPS) is 29.9. The monoisotopic (exact) mass is 299 g/mol. The summed E-state index contributed by atoms with van der Waals surface area (Å²) < 4.78 is 5.50. The van der Waals surface area contributed by atoms with Crippen LogP contribution in [0, 0.1) is 5.92 Å². The molecule has 0 aromatic carbocycles. The molecule has 7 nitrogen and oxygen atoms in total. The lowest BCUT2D eigenvalue weighted by molar-refractivity contribution is -0.158. The van der Waals surface area contributed by atoms with E-state index < -0.39 is 23.9 Å². The molecule has 0 aliphatic carbocycles. The van der Waals surface area contributed by atoms with Crippen LogP contribution in [0.25, 0.3) is 0 Å². The number of hydrogen-bond donors (Lipinski definition) is 2. The third-order valence-corrected chi connectivity index (χ3v) is 4.21. The van der Waals surface area contributed by atoms with Gasteiger partial charge in [0.25, 0.3) is 0 Å². The summed E-state index contributed by atoms with van der Waals surface area (Å²) in [6.07, 6.45) is 3.20. The summed E-state index contributed by atoms with van der Waals surface area (Å²) in [5.74, 6) is -3.06. The highest BCUT2D eigenvalue weighted by Crippen LogP contribution is 2.25. The number of carbonyl (C=O) groups excluding carboxylic acids is 1. The zero-order chi connectivity index (χ0) is 15.4. The minimum Gasteiger partial charge on any atom is -0.481 e. The van der Waals surface area contributed by atoms with Crippen molar-refractivity contribution in [3.05, 3.63) is 0 Å². The van der Waals surface area contributed by atoms with Gasteiger partial charge in [-0.25, -0.2) is 4.79 Å². The van der Waals surface area contributed by atoms with E-state index in [0.29, 0.717) is 6.61 Å². The topological polar surface area (TPSA) is 104 Å². The molecule has 2 aliphatic heterocycles. The molecule has 2 aliphatic rings. The first-order chi connectivity index (χ1) is 9.99. The number of carbonyl (C=O) groups is 3. The molecule has 1 amide bonds. The van der Waals surface area contributed by atoms with Crippen molar-refractivity contribution < 1.29 is 29.3 Å². The molecule has 7 heteroatoms. The van der Waals surface area contributed by atoms with E-state index in [0.717, 1.165) is 19.3 Å². The molecular weight excluding hydrogens is 278 g/mol. The number of amides is 1. The molecule has 0 bridgehead atoms. The summed E-state index contributed by atoms with van der Waals surface area (Å²) >= 11 is 0. The molecule has 0 radical (unpaired) electrons. The summed E-state index contributed by atoms with van der Waals surface area (Å²) in [6, 6.07) is -0.920. The maximum atomic E-state index is 12.3. The number of nitrogens with zero attached hydrogens (tertiary/aromatic N) is 1. The largest absolute Gasteiger partial charge is 0.481 e. The van der Waals surface area contributed by atoms with Crippen molar-refractivity contribution in [3.8, 4) is 0 Å². The summed E-state index contributed by atoms with van der Waals surface area (Å²) in [4.78, 5) is 35.9. The van der Waals surface area contributed by atoms with Gasteiger partial charge >= 0.3 is 11.9 Å². The fraction of sp³-hybridized carbons (Fsp3) is 0.786. The van der Waals surface area contributed by atoms with Crippen LogP contribution in [0.4, 0.5) is 0 Å². The van der Waals surface area contributed by atoms with Gasteiger partial charge < -0.3 is 19.8 Å². The third kappa shape index (κ3) is 3.93. The quantitative estimate of drug-likeness (QED) is 0.792. The Hall–Kier alpha value is -1.63. The Morgan fingerprint density at radius 1 is 1.05 bits per heavy atom. The number of hydrogen-bond acceptors (Lipinski definition) is 4. The summed E-state index contributed by atoms with van der Waals surface area (Å²) in [5, 5.41) is 18.3. The van der Waals surface area contributed by atoms with Gasteiger partial charge in [0.2, 0.25) is 5.91 Å². The Bertz CT molecular complexity index is 418. The Morgan fingerprint density at radius 2 is 1.81 bits per heavy atom. The lowest BCUT2D eigenvalue weighted by Crippen LogP contribution is -2.52. The number of carboxylic acid groups (broad SMARTS) is 2. The number of piperidine rings is 1. The standard InChI is InChI=1S/C14H21NO6/c16-12(7-10-3-1-2-6-21-10)15-8-9(13(17)18)4-5-11(15)14(19)20/h9-11H,1-8H2,(H,17,18)(H,19,20)/t9-,10+,11-/m1/s1. The second-order valence-electron chi connectivity index (χ2n) is 5.71. The first kappa shape index (κ1) is 15.8. The molecule has 2 fully saturated rings. The highest BCUT2D eigenvalue weighted by atomic mass is 16.5. The van der Waals surface area contributed by atoms with E-state index in [-0.39, 0.29) is 37.8 Å². The second kappa shape index (κ2) is 6.89. The molecule has 2 saturated heterocycles. The van der Waals surface area contributed by atoms with Gasteiger partial charge in [-0.3, -0.25) is 9.59 Å². The van der Waals surface area contributed by atoms with Crippen LogP contribution in [0.5, 0.6) is 0 Å². The van der Waals surface area contributed by atoms with Crippen molar-refractivity contribution in [1.82, 2.24) is 4.90 Å². The van der Waals surface area contributed by atoms with Crippen LogP contribution in [0.2, 0.25) is 0 Å². The Balaban J connectivity index is 2.01. The van der Waals surface area contributed by atoms with Crippen molar-refractivity contribution in [1.29, 1.82) is 0 Å². The van der Waals surface area contributed by atoms with E-state index in [1.807, 2.05) is 0 Å². The number of carboxylic acids is 2. The van der Waals surface area contributed by atoms with Crippen LogP contribution in [0.1, 0.15) is 38.5 Å². The molecule has 0 aromatic rings. The van der Waals surface area contributed by atoms with E-state index in [4.69, 9.17) is 9.84 Å². The van der Waals surface area contributed by atoms with Crippen LogP contribution < -0.4 is 0 Å². The molecule has 0 aromatic heterocycles. The molecule has 21 heavy (non-hydrogen) atoms. The maximum absolute atomic E-state index is 12.3. The van der Waals surface area contributed by atoms with Crippen LogP contribution >= 0.6 is 0 Å². The Morgan fingerprint density at radius 3 is 2.38 bits per heavy atom. The third-order valence-electron chi connectivity index (χ3n) is 4.21. The zero-order valence-electron chi connectivity index (χ0n) is 11.9. The van der Waals surface area contributed by atoms with Gasteiger partial charge in [0.1, 0.15) is 6.04 Å².